The minimum atomic E-state index is -0.815. The highest BCUT2D eigenvalue weighted by Crippen LogP contribution is 2.14. The van der Waals surface area contributed by atoms with E-state index >= 15 is 0 Å². The molecule has 0 N–H and O–H groups in total. The molecule has 0 spiro atoms. The lowest BCUT2D eigenvalue weighted by molar-refractivity contribution is -0.167. The Morgan fingerprint density at radius 1 is 0.259 bits per heavy atom. The minimum Gasteiger partial charge on any atom is -0.462 e. The van der Waals surface area contributed by atoms with Gasteiger partial charge in [-0.1, -0.05) is 269 Å². The number of unbranched alkanes of at least 4 members (excludes halogenated alkanes) is 24. The summed E-state index contributed by atoms with van der Waals surface area (Å²) in [7, 11) is 0. The maximum atomic E-state index is 12.9. The van der Waals surface area contributed by atoms with Gasteiger partial charge in [0.2, 0.25) is 0 Å². The van der Waals surface area contributed by atoms with Gasteiger partial charge in [-0.2, -0.15) is 0 Å². The number of hydrogen-bond donors (Lipinski definition) is 0. The van der Waals surface area contributed by atoms with Crippen molar-refractivity contribution in [3.05, 3.63) is 146 Å². The molecule has 458 valence electrons. The van der Waals surface area contributed by atoms with Crippen molar-refractivity contribution in [3.63, 3.8) is 0 Å². The lowest BCUT2D eigenvalue weighted by Crippen LogP contribution is -2.30. The van der Waals surface area contributed by atoms with E-state index in [0.717, 1.165) is 141 Å². The summed E-state index contributed by atoms with van der Waals surface area (Å²) in [5.41, 5.74) is 0. The van der Waals surface area contributed by atoms with Crippen molar-refractivity contribution in [1.29, 1.82) is 0 Å². The number of ether oxygens (including phenoxy) is 3. The maximum absolute atomic E-state index is 12.9. The van der Waals surface area contributed by atoms with Crippen molar-refractivity contribution < 1.29 is 28.6 Å². The summed E-state index contributed by atoms with van der Waals surface area (Å²) in [4.78, 5) is 38.4. The molecule has 1 unspecified atom stereocenters. The zero-order valence-corrected chi connectivity index (χ0v) is 52.5. The van der Waals surface area contributed by atoms with E-state index in [1.165, 1.54) is 103 Å². The molecule has 0 saturated heterocycles. The molecule has 0 amide bonds. The van der Waals surface area contributed by atoms with Crippen molar-refractivity contribution >= 4 is 17.9 Å². The highest BCUT2D eigenvalue weighted by atomic mass is 16.6. The van der Waals surface area contributed by atoms with Gasteiger partial charge < -0.3 is 14.2 Å². The van der Waals surface area contributed by atoms with Gasteiger partial charge in [0.25, 0.3) is 0 Å². The zero-order chi connectivity index (χ0) is 58.5. The Kier molecular flexibility index (Phi) is 63.9. The Balaban J connectivity index is 4.50. The fourth-order valence-corrected chi connectivity index (χ4v) is 8.81. The number of carbonyl (C=O) groups excluding carboxylic acids is 3. The normalized spacial score (nSPS) is 13.1. The van der Waals surface area contributed by atoms with Crippen molar-refractivity contribution in [2.75, 3.05) is 13.2 Å². The summed E-state index contributed by atoms with van der Waals surface area (Å²) in [6.45, 7) is 6.46. The Hall–Kier alpha value is -4.71. The molecule has 0 bridgehead atoms. The van der Waals surface area contributed by atoms with Crippen molar-refractivity contribution in [1.82, 2.24) is 0 Å². The molecule has 0 aliphatic heterocycles. The van der Waals surface area contributed by atoms with E-state index in [1.807, 2.05) is 0 Å². The molecule has 0 fully saturated rings. The summed E-state index contributed by atoms with van der Waals surface area (Å²) < 4.78 is 16.9. The van der Waals surface area contributed by atoms with Crippen LogP contribution in [0.25, 0.3) is 0 Å². The maximum Gasteiger partial charge on any atom is 0.306 e. The fraction of sp³-hybridized carbons (Fsp3) is 0.640. The Bertz CT molecular complexity index is 1760. The molecule has 1 atom stereocenters. The van der Waals surface area contributed by atoms with E-state index in [4.69, 9.17) is 14.2 Å². The van der Waals surface area contributed by atoms with Gasteiger partial charge in [0.1, 0.15) is 13.2 Å². The summed E-state index contributed by atoms with van der Waals surface area (Å²) in [6.07, 6.45) is 97.1. The predicted octanol–water partition coefficient (Wildman–Crippen LogP) is 23.1. The lowest BCUT2D eigenvalue weighted by Gasteiger charge is -2.18. The number of allylic oxidation sites excluding steroid dienone is 24. The molecule has 0 aliphatic carbocycles. The Morgan fingerprint density at radius 2 is 0.481 bits per heavy atom. The van der Waals surface area contributed by atoms with Gasteiger partial charge in [-0.15, -0.1) is 0 Å². The molecule has 0 rings (SSSR count). The number of hydrogen-bond acceptors (Lipinski definition) is 6. The largest absolute Gasteiger partial charge is 0.462 e. The third-order valence-corrected chi connectivity index (χ3v) is 13.8. The Morgan fingerprint density at radius 3 is 0.790 bits per heavy atom. The molecule has 0 aliphatic rings. The van der Waals surface area contributed by atoms with Crippen LogP contribution in [0.15, 0.2) is 146 Å². The first-order chi connectivity index (χ1) is 40.0. The van der Waals surface area contributed by atoms with Gasteiger partial charge in [0.15, 0.2) is 6.10 Å². The van der Waals surface area contributed by atoms with Crippen LogP contribution in [0.1, 0.15) is 290 Å². The van der Waals surface area contributed by atoms with Crippen LogP contribution in [0.5, 0.6) is 0 Å². The van der Waals surface area contributed by atoms with E-state index in [2.05, 4.69) is 167 Å². The van der Waals surface area contributed by atoms with Gasteiger partial charge in [0, 0.05) is 19.3 Å². The van der Waals surface area contributed by atoms with E-state index in [-0.39, 0.29) is 31.1 Å². The molecule has 0 aromatic carbocycles. The van der Waals surface area contributed by atoms with Crippen LogP contribution in [0.4, 0.5) is 0 Å². The van der Waals surface area contributed by atoms with Gasteiger partial charge in [-0.05, 0) is 148 Å². The number of esters is 3. The first-order valence-corrected chi connectivity index (χ1v) is 33.3. The van der Waals surface area contributed by atoms with E-state index in [1.54, 1.807) is 0 Å². The van der Waals surface area contributed by atoms with Crippen molar-refractivity contribution in [2.45, 2.75) is 297 Å². The molecule has 6 nitrogen and oxygen atoms in total. The smallest absolute Gasteiger partial charge is 0.306 e. The van der Waals surface area contributed by atoms with Gasteiger partial charge in [-0.25, -0.2) is 0 Å². The molecule has 0 heterocycles. The lowest BCUT2D eigenvalue weighted by atomic mass is 10.1. The van der Waals surface area contributed by atoms with Crippen LogP contribution in [0.2, 0.25) is 0 Å². The predicted molar refractivity (Wildman–Crippen MR) is 352 cm³/mol. The van der Waals surface area contributed by atoms with Crippen molar-refractivity contribution in [2.24, 2.45) is 0 Å². The van der Waals surface area contributed by atoms with E-state index < -0.39 is 6.10 Å². The van der Waals surface area contributed by atoms with Gasteiger partial charge in [-0.3, -0.25) is 14.4 Å². The number of rotatable bonds is 59. The van der Waals surface area contributed by atoms with Gasteiger partial charge in [0.05, 0.1) is 0 Å². The SMILES string of the molecule is CC/C=C\C/C=C\C/C=C\C/C=C\C/C=C\C/C=C\C/C=C\C/C=C\CCCCC(=O)OCC(COC(=O)CCCCCCC/C=C\CCCCCCCC)OC(=O)CCCCCCCC/C=C\C/C=C\C/C=C\CCCCCCC. The average molecular weight is 1120 g/mol. The second kappa shape index (κ2) is 67.8. The first-order valence-electron chi connectivity index (χ1n) is 33.3. The van der Waals surface area contributed by atoms with E-state index in [0.29, 0.717) is 25.7 Å². The summed E-state index contributed by atoms with van der Waals surface area (Å²) in [5.74, 6) is -0.971. The summed E-state index contributed by atoms with van der Waals surface area (Å²) in [5, 5.41) is 0. The highest BCUT2D eigenvalue weighted by molar-refractivity contribution is 5.71. The molecule has 0 radical (unpaired) electrons. The van der Waals surface area contributed by atoms with Crippen molar-refractivity contribution in [3.8, 4) is 0 Å². The second-order valence-corrected chi connectivity index (χ2v) is 21.6. The Labute approximate surface area is 499 Å². The second-order valence-electron chi connectivity index (χ2n) is 21.6. The van der Waals surface area contributed by atoms with Crippen LogP contribution in [0.3, 0.4) is 0 Å². The molecule has 81 heavy (non-hydrogen) atoms. The molecule has 0 aromatic rings. The fourth-order valence-electron chi connectivity index (χ4n) is 8.81. The summed E-state index contributed by atoms with van der Waals surface area (Å²) in [6, 6.07) is 0. The quantitative estimate of drug-likeness (QED) is 0.0261. The van der Waals surface area contributed by atoms with Crippen LogP contribution in [-0.4, -0.2) is 37.2 Å². The monoisotopic (exact) mass is 1120 g/mol. The van der Waals surface area contributed by atoms with Crippen LogP contribution in [0, 0.1) is 0 Å². The summed E-state index contributed by atoms with van der Waals surface area (Å²) >= 11 is 0. The topological polar surface area (TPSA) is 78.9 Å². The van der Waals surface area contributed by atoms with Crippen LogP contribution in [-0.2, 0) is 28.6 Å². The molecule has 0 aromatic heterocycles. The minimum absolute atomic E-state index is 0.106. The third-order valence-electron chi connectivity index (χ3n) is 13.8. The first kappa shape index (κ1) is 76.3. The molecular weight excluding hydrogens is 997 g/mol. The van der Waals surface area contributed by atoms with Crippen LogP contribution < -0.4 is 0 Å². The standard InChI is InChI=1S/C75H122O6/c1-4-7-10-13-16-19-22-25-28-30-32-34-35-36-37-38-39-41-42-44-47-50-53-56-59-62-65-68-74(77)80-71-72(70-79-73(76)67-64-61-58-55-52-49-46-27-24-21-18-15-12-9-6-3)81-75(78)69-66-63-60-57-54-51-48-45-43-40-33-31-29-26-23-20-17-14-11-8-5-2/h7,10,16,19,23,25-28,31-34,36-37,39,41,43-47,53,56,72H,4-6,8-9,11-15,17-18,20-22,24,29-30,35,38,40,42,48-52,54-55,57-71H2,1-3H3/b10-7-,19-16-,26-23-,28-25-,33-31-,34-32-,37-36-,41-39-,45-43-,46-27-,47-44-,56-53-. The highest BCUT2D eigenvalue weighted by Gasteiger charge is 2.19. The average Bonchev–Trinajstić information content (AvgIpc) is 3.47. The zero-order valence-electron chi connectivity index (χ0n) is 52.5. The third kappa shape index (κ3) is 66.0. The number of carbonyl (C=O) groups is 3. The molecular formula is C75H122O6. The van der Waals surface area contributed by atoms with Gasteiger partial charge >= 0.3 is 17.9 Å². The van der Waals surface area contributed by atoms with Crippen LogP contribution >= 0.6 is 0 Å². The molecule has 0 saturated carbocycles. The molecule has 6 heteroatoms. The van der Waals surface area contributed by atoms with E-state index in [9.17, 15) is 14.4 Å².